The summed E-state index contributed by atoms with van der Waals surface area (Å²) in [6, 6.07) is 19.5. The molecule has 0 aliphatic carbocycles. The number of fused-ring (bicyclic) bond motifs is 1. The lowest BCUT2D eigenvalue weighted by Crippen LogP contribution is -2.57. The number of aryl methyl sites for hydroxylation is 1. The number of aliphatic hydroxyl groups excluding tert-OH is 1. The van der Waals surface area contributed by atoms with Gasteiger partial charge in [-0.1, -0.05) is 57.2 Å². The van der Waals surface area contributed by atoms with Gasteiger partial charge in [0, 0.05) is 82.8 Å². The minimum atomic E-state index is -1.19. The number of unbranched alkanes of at least 4 members (excludes halogenated alkanes) is 1. The Morgan fingerprint density at radius 3 is 2.37 bits per heavy atom. The molecule has 8 rings (SSSR count). The SMILES string of the molecule is C=CCn1c(=O)c2cnc(Nc3ccc(N4CCN(CCOCCCCC(=O)N[C@H](C(=O)N5CC(O)CC5C(=O)NCc5ccc(-c6scnc6C)cc5)C(C)(C)C)CC4)cc3)nc2n1-c1cccc(C(C)(C)O)n1. The van der Waals surface area contributed by atoms with Gasteiger partial charge < -0.3 is 40.7 Å². The number of likely N-dealkylation sites (tertiary alicyclic amines) is 1. The second-order valence-corrected chi connectivity index (χ2v) is 21.7. The summed E-state index contributed by atoms with van der Waals surface area (Å²) in [4.78, 5) is 79.7. The van der Waals surface area contributed by atoms with Gasteiger partial charge in [0.1, 0.15) is 23.1 Å². The third-order valence-corrected chi connectivity index (χ3v) is 14.6. The van der Waals surface area contributed by atoms with Crippen LogP contribution in [0.5, 0.6) is 0 Å². The summed E-state index contributed by atoms with van der Waals surface area (Å²) in [6.07, 6.45) is 3.92. The fraction of sp³-hybridized carbons (Fsp3) is 0.455. The summed E-state index contributed by atoms with van der Waals surface area (Å²) >= 11 is 1.58. The normalized spacial score (nSPS) is 16.8. The second kappa shape index (κ2) is 23.8. The molecule has 4 aromatic heterocycles. The first-order valence-electron chi connectivity index (χ1n) is 25.6. The maximum Gasteiger partial charge on any atom is 0.278 e. The van der Waals surface area contributed by atoms with Crippen molar-refractivity contribution in [2.24, 2.45) is 5.41 Å². The first kappa shape index (κ1) is 54.4. The summed E-state index contributed by atoms with van der Waals surface area (Å²) in [7, 11) is 0. The molecule has 6 heterocycles. The first-order valence-corrected chi connectivity index (χ1v) is 26.5. The largest absolute Gasteiger partial charge is 0.391 e. The van der Waals surface area contributed by atoms with Gasteiger partial charge in [0.05, 0.1) is 41.0 Å². The topological polar surface area (TPSA) is 225 Å². The number of anilines is 3. The minimum Gasteiger partial charge on any atom is -0.391 e. The van der Waals surface area contributed by atoms with Crippen LogP contribution in [0, 0.1) is 12.3 Å². The summed E-state index contributed by atoms with van der Waals surface area (Å²) in [5, 5.41) is 30.8. The summed E-state index contributed by atoms with van der Waals surface area (Å²) in [6.45, 7) is 20.6. The van der Waals surface area contributed by atoms with Crippen LogP contribution < -0.4 is 26.4 Å². The molecule has 2 fully saturated rings. The number of hydrogen-bond donors (Lipinski definition) is 5. The van der Waals surface area contributed by atoms with E-state index >= 15 is 0 Å². The number of hydrogen-bond acceptors (Lipinski definition) is 15. The van der Waals surface area contributed by atoms with Crippen molar-refractivity contribution in [2.75, 3.05) is 62.7 Å². The lowest BCUT2D eigenvalue weighted by atomic mass is 9.85. The van der Waals surface area contributed by atoms with Gasteiger partial charge in [-0.05, 0) is 86.6 Å². The Balaban J connectivity index is 0.741. The molecule has 20 heteroatoms. The van der Waals surface area contributed by atoms with Crippen LogP contribution in [0.2, 0.25) is 0 Å². The maximum absolute atomic E-state index is 14.1. The van der Waals surface area contributed by atoms with Crippen molar-refractivity contribution in [3.8, 4) is 16.3 Å². The first-order chi connectivity index (χ1) is 35.9. The number of rotatable bonds is 21. The molecular formula is C55H70N12O7S. The average molecular weight is 1040 g/mol. The van der Waals surface area contributed by atoms with E-state index in [9.17, 15) is 29.4 Å². The number of aromatic nitrogens is 6. The second-order valence-electron chi connectivity index (χ2n) is 20.9. The molecule has 2 unspecified atom stereocenters. The molecule has 6 aromatic rings. The van der Waals surface area contributed by atoms with E-state index in [-0.39, 0.29) is 55.8 Å². The molecular weight excluding hydrogens is 973 g/mol. The number of piperazine rings is 1. The van der Waals surface area contributed by atoms with Crippen molar-refractivity contribution >= 4 is 57.4 Å². The highest BCUT2D eigenvalue weighted by Gasteiger charge is 2.44. The molecule has 0 spiro atoms. The summed E-state index contributed by atoms with van der Waals surface area (Å²) in [5.74, 6) is -0.229. The number of aliphatic hydroxyl groups is 2. The molecule has 75 heavy (non-hydrogen) atoms. The lowest BCUT2D eigenvalue weighted by Gasteiger charge is -2.36. The molecule has 0 radical (unpaired) electrons. The molecule has 19 nitrogen and oxygen atoms in total. The van der Waals surface area contributed by atoms with Gasteiger partial charge in [0.15, 0.2) is 11.5 Å². The summed E-state index contributed by atoms with van der Waals surface area (Å²) < 4.78 is 9.10. The molecule has 2 aliphatic heterocycles. The van der Waals surface area contributed by atoms with Crippen molar-refractivity contribution in [3.05, 3.63) is 118 Å². The van der Waals surface area contributed by atoms with Crippen LogP contribution in [-0.2, 0) is 37.8 Å². The van der Waals surface area contributed by atoms with Crippen LogP contribution >= 0.6 is 11.3 Å². The molecule has 2 aromatic carbocycles. The van der Waals surface area contributed by atoms with Gasteiger partial charge in [0.2, 0.25) is 23.7 Å². The zero-order valence-electron chi connectivity index (χ0n) is 43.8. The number of pyridine rings is 1. The van der Waals surface area contributed by atoms with E-state index in [1.54, 1.807) is 54.1 Å². The number of carbonyl (C=O) groups excluding carboxylic acids is 3. The minimum absolute atomic E-state index is 0.0153. The predicted molar refractivity (Wildman–Crippen MR) is 291 cm³/mol. The quantitative estimate of drug-likeness (QED) is 0.0432. The number of ether oxygens (including phenoxy) is 1. The fourth-order valence-corrected chi connectivity index (χ4v) is 10.2. The standard InChI is InChI=1S/C55H70N12O7S/c1-8-23-66-51(71)42-33-57-53(62-49(42)67(66)45-13-11-12-44(60-45)55(6,7)73)59-39-19-21-40(22-20-39)64-26-24-63(25-27-64)28-30-74-29-10-9-14-46(69)61-48(54(3,4)5)52(72)65-34-41(68)31-43(65)50(70)56-32-37-15-17-38(18-16-37)47-36(2)58-35-75-47/h8,11-13,15-22,33,35,41,43,48,68,73H,1,9-10,14,23-32,34H2,2-7H3,(H,56,70)(H,61,69)(H,57,59,62)/t41?,43?,48-/m1/s1. The summed E-state index contributed by atoms with van der Waals surface area (Å²) in [5.41, 5.74) is 5.35. The Morgan fingerprint density at radius 2 is 1.69 bits per heavy atom. The predicted octanol–water partition coefficient (Wildman–Crippen LogP) is 5.68. The van der Waals surface area contributed by atoms with E-state index < -0.39 is 29.2 Å². The van der Waals surface area contributed by atoms with Gasteiger partial charge in [-0.3, -0.25) is 24.1 Å². The van der Waals surface area contributed by atoms with Crippen LogP contribution in [-0.4, -0.2) is 138 Å². The number of nitrogens with zero attached hydrogens (tertiary/aromatic N) is 9. The molecule has 398 valence electrons. The number of amides is 3. The highest BCUT2D eigenvalue weighted by atomic mass is 32.1. The molecule has 3 amide bonds. The van der Waals surface area contributed by atoms with E-state index in [0.29, 0.717) is 54.5 Å². The maximum atomic E-state index is 14.1. The highest BCUT2D eigenvalue weighted by molar-refractivity contribution is 7.13. The third-order valence-electron chi connectivity index (χ3n) is 13.6. The van der Waals surface area contributed by atoms with E-state index in [1.807, 2.05) is 69.6 Å². The van der Waals surface area contributed by atoms with Crippen molar-refractivity contribution in [3.63, 3.8) is 0 Å². The fourth-order valence-electron chi connectivity index (χ4n) is 9.40. The number of benzene rings is 2. The number of carbonyl (C=O) groups is 3. The van der Waals surface area contributed by atoms with Gasteiger partial charge in [-0.25, -0.2) is 24.3 Å². The molecule has 2 aliphatic rings. The smallest absolute Gasteiger partial charge is 0.278 e. The van der Waals surface area contributed by atoms with Crippen LogP contribution in [0.4, 0.5) is 17.3 Å². The molecule has 5 N–H and O–H groups in total. The third kappa shape index (κ3) is 13.3. The zero-order chi connectivity index (χ0) is 53.4. The van der Waals surface area contributed by atoms with E-state index in [1.165, 1.54) is 15.8 Å². The van der Waals surface area contributed by atoms with Crippen molar-refractivity contribution in [2.45, 2.75) is 104 Å². The number of β-amino-alcohol motifs (C(OH)–C–C–N with tert-alkyl or cyclic N) is 1. The van der Waals surface area contributed by atoms with Crippen molar-refractivity contribution in [1.82, 2.24) is 49.7 Å². The number of allylic oxidation sites excluding steroid dienone is 1. The lowest BCUT2D eigenvalue weighted by molar-refractivity contribution is -0.144. The van der Waals surface area contributed by atoms with Gasteiger partial charge >= 0.3 is 0 Å². The Labute approximate surface area is 441 Å². The van der Waals surface area contributed by atoms with Gasteiger partial charge in [-0.15, -0.1) is 17.9 Å². The molecule has 3 atom stereocenters. The number of thiazole rings is 1. The molecule has 0 bridgehead atoms. The Hall–Kier alpha value is -6.84. The van der Waals surface area contributed by atoms with Gasteiger partial charge in [0.25, 0.3) is 5.56 Å². The Morgan fingerprint density at radius 1 is 0.947 bits per heavy atom. The Bertz CT molecular complexity index is 3010. The van der Waals surface area contributed by atoms with Crippen molar-refractivity contribution < 1.29 is 29.3 Å². The highest BCUT2D eigenvalue weighted by Crippen LogP contribution is 2.29. The van der Waals surface area contributed by atoms with Crippen LogP contribution in [0.3, 0.4) is 0 Å². The van der Waals surface area contributed by atoms with Crippen LogP contribution in [0.15, 0.2) is 95.9 Å². The molecule has 2 saturated heterocycles. The van der Waals surface area contributed by atoms with Crippen LogP contribution in [0.1, 0.15) is 77.3 Å². The van der Waals surface area contributed by atoms with Gasteiger partial charge in [-0.2, -0.15) is 4.98 Å². The monoisotopic (exact) mass is 1040 g/mol. The molecule has 0 saturated carbocycles. The zero-order valence-corrected chi connectivity index (χ0v) is 44.6. The van der Waals surface area contributed by atoms with E-state index in [0.717, 1.165) is 65.8 Å². The number of nitrogens with one attached hydrogen (secondary N) is 3. The van der Waals surface area contributed by atoms with Crippen LogP contribution in [0.25, 0.3) is 27.3 Å². The van der Waals surface area contributed by atoms with E-state index in [4.69, 9.17) is 9.72 Å². The average Bonchev–Trinajstić information content (AvgIpc) is 4.08. The van der Waals surface area contributed by atoms with E-state index in [2.05, 4.69) is 59.4 Å². The van der Waals surface area contributed by atoms with Crippen molar-refractivity contribution in [1.29, 1.82) is 0 Å². The Kier molecular flexibility index (Phi) is 17.3.